The Labute approximate surface area is 70.0 Å². The van der Waals surface area contributed by atoms with Gasteiger partial charge in [-0.3, -0.25) is 9.48 Å². The second kappa shape index (κ2) is 3.34. The first-order chi connectivity index (χ1) is 5.59. The summed E-state index contributed by atoms with van der Waals surface area (Å²) >= 11 is 0. The normalized spacial score (nSPS) is 12.8. The Hall–Kier alpha value is -1.39. The van der Waals surface area contributed by atoms with E-state index in [0.29, 0.717) is 0 Å². The SMILES string of the molecule is CC(CC(=O)O)c1cn(C)nn1. The minimum absolute atomic E-state index is 0.0730. The molecule has 0 spiro atoms. The first kappa shape index (κ1) is 8.70. The number of rotatable bonds is 3. The number of carbonyl (C=O) groups is 1. The predicted molar refractivity (Wildman–Crippen MR) is 41.7 cm³/mol. The van der Waals surface area contributed by atoms with Gasteiger partial charge in [-0.1, -0.05) is 12.1 Å². The van der Waals surface area contributed by atoms with Gasteiger partial charge in [0.25, 0.3) is 0 Å². The molecule has 0 aliphatic rings. The van der Waals surface area contributed by atoms with Crippen LogP contribution >= 0.6 is 0 Å². The van der Waals surface area contributed by atoms with Crippen molar-refractivity contribution in [2.24, 2.45) is 7.05 Å². The van der Waals surface area contributed by atoms with Crippen molar-refractivity contribution in [2.45, 2.75) is 19.3 Å². The van der Waals surface area contributed by atoms with Crippen LogP contribution in [0, 0.1) is 0 Å². The molecule has 0 bridgehead atoms. The van der Waals surface area contributed by atoms with Gasteiger partial charge in [-0.05, 0) is 0 Å². The van der Waals surface area contributed by atoms with Crippen LogP contribution in [0.25, 0.3) is 0 Å². The highest BCUT2D eigenvalue weighted by Crippen LogP contribution is 2.14. The molecule has 1 rings (SSSR count). The van der Waals surface area contributed by atoms with Gasteiger partial charge in [-0.2, -0.15) is 0 Å². The third-order valence-electron chi connectivity index (χ3n) is 1.61. The van der Waals surface area contributed by atoms with E-state index in [2.05, 4.69) is 10.3 Å². The Morgan fingerprint density at radius 3 is 2.92 bits per heavy atom. The molecule has 0 fully saturated rings. The van der Waals surface area contributed by atoms with Gasteiger partial charge in [0.1, 0.15) is 0 Å². The van der Waals surface area contributed by atoms with E-state index >= 15 is 0 Å². The molecular weight excluding hydrogens is 158 g/mol. The van der Waals surface area contributed by atoms with E-state index < -0.39 is 5.97 Å². The Balaban J connectivity index is 2.64. The molecule has 0 aliphatic carbocycles. The predicted octanol–water partition coefficient (Wildman–Crippen LogP) is 0.393. The van der Waals surface area contributed by atoms with Crippen molar-refractivity contribution < 1.29 is 9.90 Å². The summed E-state index contributed by atoms with van der Waals surface area (Å²) in [5, 5.41) is 16.0. The summed E-state index contributed by atoms with van der Waals surface area (Å²) in [6, 6.07) is 0. The molecule has 1 aromatic rings. The number of hydrogen-bond donors (Lipinski definition) is 1. The third-order valence-corrected chi connectivity index (χ3v) is 1.61. The summed E-state index contributed by atoms with van der Waals surface area (Å²) in [6.45, 7) is 1.82. The first-order valence-corrected chi connectivity index (χ1v) is 3.67. The van der Waals surface area contributed by atoms with Crippen LogP contribution in [0.2, 0.25) is 0 Å². The van der Waals surface area contributed by atoms with Crippen molar-refractivity contribution >= 4 is 5.97 Å². The van der Waals surface area contributed by atoms with Crippen LogP contribution < -0.4 is 0 Å². The molecule has 1 aromatic heterocycles. The second-order valence-electron chi connectivity index (χ2n) is 2.82. The zero-order valence-electron chi connectivity index (χ0n) is 7.06. The minimum Gasteiger partial charge on any atom is -0.481 e. The molecule has 66 valence electrons. The zero-order valence-corrected chi connectivity index (χ0v) is 7.06. The summed E-state index contributed by atoms with van der Waals surface area (Å²) in [5.41, 5.74) is 0.722. The molecule has 1 N–H and O–H groups in total. The van der Waals surface area contributed by atoms with Crippen LogP contribution in [0.15, 0.2) is 6.20 Å². The number of aliphatic carboxylic acids is 1. The molecule has 0 saturated heterocycles. The highest BCUT2D eigenvalue weighted by atomic mass is 16.4. The number of carboxylic acid groups (broad SMARTS) is 1. The molecule has 12 heavy (non-hydrogen) atoms. The molecule has 5 heteroatoms. The molecule has 1 atom stereocenters. The molecular formula is C7H11N3O2. The van der Waals surface area contributed by atoms with Crippen molar-refractivity contribution in [1.29, 1.82) is 0 Å². The van der Waals surface area contributed by atoms with E-state index in [1.54, 1.807) is 17.9 Å². The molecule has 1 unspecified atom stereocenters. The lowest BCUT2D eigenvalue weighted by molar-refractivity contribution is -0.137. The Morgan fingerprint density at radius 1 is 1.83 bits per heavy atom. The summed E-state index contributed by atoms with van der Waals surface area (Å²) in [6.07, 6.45) is 1.83. The van der Waals surface area contributed by atoms with Crippen LogP contribution in [0.4, 0.5) is 0 Å². The standard InChI is InChI=1S/C7H11N3O2/c1-5(3-7(11)12)6-4-10(2)9-8-6/h4-5H,3H2,1-2H3,(H,11,12). The average molecular weight is 169 g/mol. The van der Waals surface area contributed by atoms with Crippen LogP contribution in [0.1, 0.15) is 25.0 Å². The van der Waals surface area contributed by atoms with Crippen LogP contribution in [-0.4, -0.2) is 26.1 Å². The van der Waals surface area contributed by atoms with Gasteiger partial charge < -0.3 is 5.11 Å². The van der Waals surface area contributed by atoms with Crippen molar-refractivity contribution in [3.05, 3.63) is 11.9 Å². The van der Waals surface area contributed by atoms with E-state index in [1.807, 2.05) is 6.92 Å². The van der Waals surface area contributed by atoms with E-state index in [-0.39, 0.29) is 12.3 Å². The fourth-order valence-electron chi connectivity index (χ4n) is 0.958. The zero-order chi connectivity index (χ0) is 9.14. The monoisotopic (exact) mass is 169 g/mol. The molecule has 0 saturated carbocycles. The molecule has 0 radical (unpaired) electrons. The Bertz CT molecular complexity index is 282. The smallest absolute Gasteiger partial charge is 0.304 e. The van der Waals surface area contributed by atoms with Crippen molar-refractivity contribution in [3.8, 4) is 0 Å². The van der Waals surface area contributed by atoms with Gasteiger partial charge in [-0.25, -0.2) is 0 Å². The maximum atomic E-state index is 10.3. The van der Waals surface area contributed by atoms with Gasteiger partial charge in [-0.15, -0.1) is 5.10 Å². The van der Waals surface area contributed by atoms with Gasteiger partial charge in [0.05, 0.1) is 12.1 Å². The lowest BCUT2D eigenvalue weighted by Gasteiger charge is -2.01. The van der Waals surface area contributed by atoms with Gasteiger partial charge >= 0.3 is 5.97 Å². The van der Waals surface area contributed by atoms with Crippen LogP contribution in [0.3, 0.4) is 0 Å². The summed E-state index contributed by atoms with van der Waals surface area (Å²) in [7, 11) is 1.75. The lowest BCUT2D eigenvalue weighted by Crippen LogP contribution is -2.03. The van der Waals surface area contributed by atoms with Gasteiger partial charge in [0.15, 0.2) is 0 Å². The van der Waals surface area contributed by atoms with E-state index in [0.717, 1.165) is 5.69 Å². The largest absolute Gasteiger partial charge is 0.481 e. The molecule has 0 aliphatic heterocycles. The fraction of sp³-hybridized carbons (Fsp3) is 0.571. The number of aromatic nitrogens is 3. The number of hydrogen-bond acceptors (Lipinski definition) is 3. The molecule has 1 heterocycles. The van der Waals surface area contributed by atoms with E-state index in [1.165, 1.54) is 0 Å². The van der Waals surface area contributed by atoms with Crippen LogP contribution in [0.5, 0.6) is 0 Å². The second-order valence-corrected chi connectivity index (χ2v) is 2.82. The maximum Gasteiger partial charge on any atom is 0.304 e. The summed E-state index contributed by atoms with van der Waals surface area (Å²) in [4.78, 5) is 10.3. The fourth-order valence-corrected chi connectivity index (χ4v) is 0.958. The Morgan fingerprint density at radius 2 is 2.50 bits per heavy atom. The molecule has 5 nitrogen and oxygen atoms in total. The maximum absolute atomic E-state index is 10.3. The number of nitrogens with zero attached hydrogens (tertiary/aromatic N) is 3. The highest BCUT2D eigenvalue weighted by molar-refractivity contribution is 5.67. The van der Waals surface area contributed by atoms with Gasteiger partial charge in [0.2, 0.25) is 0 Å². The lowest BCUT2D eigenvalue weighted by atomic mass is 10.1. The van der Waals surface area contributed by atoms with Crippen molar-refractivity contribution in [2.75, 3.05) is 0 Å². The molecule has 0 aromatic carbocycles. The van der Waals surface area contributed by atoms with E-state index in [9.17, 15) is 4.79 Å². The van der Waals surface area contributed by atoms with Crippen molar-refractivity contribution in [3.63, 3.8) is 0 Å². The highest BCUT2D eigenvalue weighted by Gasteiger charge is 2.12. The summed E-state index contributed by atoms with van der Waals surface area (Å²) < 4.78 is 1.56. The van der Waals surface area contributed by atoms with Crippen molar-refractivity contribution in [1.82, 2.24) is 15.0 Å². The molecule has 0 amide bonds. The average Bonchev–Trinajstić information content (AvgIpc) is 2.34. The first-order valence-electron chi connectivity index (χ1n) is 3.67. The van der Waals surface area contributed by atoms with Gasteiger partial charge in [0, 0.05) is 19.2 Å². The Kier molecular flexibility index (Phi) is 2.42. The minimum atomic E-state index is -0.812. The number of aryl methyl sites for hydroxylation is 1. The topological polar surface area (TPSA) is 68.0 Å². The van der Waals surface area contributed by atoms with E-state index in [4.69, 9.17) is 5.11 Å². The third kappa shape index (κ3) is 2.05. The van der Waals surface area contributed by atoms with Crippen LogP contribution in [-0.2, 0) is 11.8 Å². The number of carboxylic acids is 1. The summed E-state index contributed by atoms with van der Waals surface area (Å²) in [5.74, 6) is -0.885. The quantitative estimate of drug-likeness (QED) is 0.710.